The molecule has 0 bridgehead atoms. The highest BCUT2D eigenvalue weighted by atomic mass is 16.4. The van der Waals surface area contributed by atoms with Gasteiger partial charge in [-0.2, -0.15) is 0 Å². The molecule has 8 heteroatoms. The van der Waals surface area contributed by atoms with E-state index in [1.54, 1.807) is 12.1 Å². The lowest BCUT2D eigenvalue weighted by atomic mass is 9.84. The molecule has 8 nitrogen and oxygen atoms in total. The fraction of sp³-hybridized carbons (Fsp3) is 0.361. The van der Waals surface area contributed by atoms with Gasteiger partial charge < -0.3 is 15.0 Å². The minimum absolute atomic E-state index is 0.0363. The predicted molar refractivity (Wildman–Crippen MR) is 171 cm³/mol. The van der Waals surface area contributed by atoms with Crippen molar-refractivity contribution in [1.82, 2.24) is 24.8 Å². The molecule has 1 amide bonds. The van der Waals surface area contributed by atoms with E-state index in [-0.39, 0.29) is 11.8 Å². The third-order valence-electron chi connectivity index (χ3n) is 9.44. The van der Waals surface area contributed by atoms with Crippen LogP contribution in [0.25, 0.3) is 44.7 Å². The van der Waals surface area contributed by atoms with Gasteiger partial charge in [0.25, 0.3) is 5.91 Å². The van der Waals surface area contributed by atoms with Gasteiger partial charge in [-0.05, 0) is 68.0 Å². The van der Waals surface area contributed by atoms with Crippen LogP contribution >= 0.6 is 0 Å². The largest absolute Gasteiger partial charge is 0.480 e. The van der Waals surface area contributed by atoms with E-state index in [1.807, 2.05) is 54.7 Å². The second-order valence-electron chi connectivity index (χ2n) is 12.3. The number of aliphatic carboxylic acids is 1. The van der Waals surface area contributed by atoms with Gasteiger partial charge in [0.2, 0.25) is 0 Å². The Morgan fingerprint density at radius 2 is 1.52 bits per heavy atom. The number of imidazole rings is 1. The first kappa shape index (κ1) is 28.2. The van der Waals surface area contributed by atoms with Gasteiger partial charge in [-0.3, -0.25) is 9.78 Å². The molecule has 2 N–H and O–H groups in total. The normalized spacial score (nSPS) is 17.1. The SMILES string of the molecule is O=C(N[C@H](C(=O)O)C1CCCCC1)c1ccc2c(c1)nc(-c1ccc3nc(-c4ccccc4)cnc3c1)n2C1CCCCC1. The van der Waals surface area contributed by atoms with Crippen molar-refractivity contribution in [3.8, 4) is 22.6 Å². The van der Waals surface area contributed by atoms with E-state index in [2.05, 4.69) is 16.0 Å². The molecule has 0 radical (unpaired) electrons. The molecule has 2 aliphatic rings. The molecule has 7 rings (SSSR count). The molecule has 5 aromatic rings. The molecular weight excluding hydrogens is 550 g/mol. The summed E-state index contributed by atoms with van der Waals surface area (Å²) in [6.07, 6.45) is 12.4. The number of fused-ring (bicyclic) bond motifs is 2. The number of nitrogens with one attached hydrogen (secondary N) is 1. The number of rotatable bonds is 7. The first-order valence-corrected chi connectivity index (χ1v) is 15.9. The zero-order valence-electron chi connectivity index (χ0n) is 24.8. The van der Waals surface area contributed by atoms with Gasteiger partial charge in [0.15, 0.2) is 0 Å². The van der Waals surface area contributed by atoms with Gasteiger partial charge in [0.1, 0.15) is 11.9 Å². The number of carbonyl (C=O) groups excluding carboxylic acids is 1. The lowest BCUT2D eigenvalue weighted by molar-refractivity contribution is -0.141. The van der Waals surface area contributed by atoms with Crippen LogP contribution < -0.4 is 5.32 Å². The van der Waals surface area contributed by atoms with Crippen LogP contribution in [0.2, 0.25) is 0 Å². The Labute approximate surface area is 256 Å². The molecule has 2 saturated carbocycles. The molecule has 224 valence electrons. The van der Waals surface area contributed by atoms with Gasteiger partial charge in [-0.1, -0.05) is 68.9 Å². The Morgan fingerprint density at radius 1 is 0.773 bits per heavy atom. The van der Waals surface area contributed by atoms with Gasteiger partial charge in [-0.15, -0.1) is 0 Å². The van der Waals surface area contributed by atoms with E-state index in [1.165, 1.54) is 19.3 Å². The van der Waals surface area contributed by atoms with Crippen LogP contribution in [0.5, 0.6) is 0 Å². The van der Waals surface area contributed by atoms with E-state index in [0.717, 1.165) is 89.7 Å². The summed E-state index contributed by atoms with van der Waals surface area (Å²) in [5, 5.41) is 12.7. The van der Waals surface area contributed by atoms with Crippen LogP contribution in [-0.2, 0) is 4.79 Å². The summed E-state index contributed by atoms with van der Waals surface area (Å²) in [7, 11) is 0. The Hall–Kier alpha value is -4.59. The van der Waals surface area contributed by atoms with Gasteiger partial charge in [0, 0.05) is 22.7 Å². The van der Waals surface area contributed by atoms with Crippen molar-refractivity contribution in [2.24, 2.45) is 5.92 Å². The average molecular weight is 588 g/mol. The van der Waals surface area contributed by atoms with Crippen LogP contribution in [0.4, 0.5) is 0 Å². The van der Waals surface area contributed by atoms with Crippen molar-refractivity contribution in [3.05, 3.63) is 78.5 Å². The first-order valence-electron chi connectivity index (χ1n) is 15.9. The molecule has 1 atom stereocenters. The lowest BCUT2D eigenvalue weighted by Crippen LogP contribution is -2.46. The number of hydrogen-bond donors (Lipinski definition) is 2. The molecule has 2 aromatic heterocycles. The number of aromatic nitrogens is 4. The van der Waals surface area contributed by atoms with E-state index in [9.17, 15) is 14.7 Å². The highest BCUT2D eigenvalue weighted by Gasteiger charge is 2.31. The molecule has 0 saturated heterocycles. The summed E-state index contributed by atoms with van der Waals surface area (Å²) in [6, 6.07) is 21.2. The maximum Gasteiger partial charge on any atom is 0.326 e. The van der Waals surface area contributed by atoms with Gasteiger partial charge >= 0.3 is 5.97 Å². The Kier molecular flexibility index (Phi) is 7.81. The smallest absolute Gasteiger partial charge is 0.326 e. The number of carbonyl (C=O) groups is 2. The Morgan fingerprint density at radius 3 is 2.27 bits per heavy atom. The molecule has 2 aliphatic carbocycles. The topological polar surface area (TPSA) is 110 Å². The number of nitrogens with zero attached hydrogens (tertiary/aromatic N) is 4. The van der Waals surface area contributed by atoms with Crippen molar-refractivity contribution in [3.63, 3.8) is 0 Å². The van der Waals surface area contributed by atoms with Crippen LogP contribution in [0.3, 0.4) is 0 Å². The predicted octanol–water partition coefficient (Wildman–Crippen LogP) is 7.58. The number of hydrogen-bond acceptors (Lipinski definition) is 5. The minimum Gasteiger partial charge on any atom is -0.480 e. The number of carboxylic acid groups (broad SMARTS) is 1. The molecule has 44 heavy (non-hydrogen) atoms. The van der Waals surface area contributed by atoms with Crippen LogP contribution in [0.1, 0.15) is 80.6 Å². The molecule has 0 unspecified atom stereocenters. The number of amides is 1. The quantitative estimate of drug-likeness (QED) is 0.203. The van der Waals surface area contributed by atoms with Crippen molar-refractivity contribution in [2.45, 2.75) is 76.3 Å². The molecular formula is C36H37N5O3. The minimum atomic E-state index is -0.967. The van der Waals surface area contributed by atoms with Crippen molar-refractivity contribution in [2.75, 3.05) is 0 Å². The number of carboxylic acids is 1. The molecule has 2 heterocycles. The zero-order chi connectivity index (χ0) is 30.0. The molecule has 0 aliphatic heterocycles. The van der Waals surface area contributed by atoms with E-state index >= 15 is 0 Å². The summed E-state index contributed by atoms with van der Waals surface area (Å²) in [6.45, 7) is 0. The fourth-order valence-corrected chi connectivity index (χ4v) is 7.12. The van der Waals surface area contributed by atoms with E-state index < -0.39 is 12.0 Å². The molecule has 0 spiro atoms. The van der Waals surface area contributed by atoms with Gasteiger partial charge in [0.05, 0.1) is 34.0 Å². The summed E-state index contributed by atoms with van der Waals surface area (Å²) >= 11 is 0. The number of benzene rings is 3. The monoisotopic (exact) mass is 587 g/mol. The van der Waals surface area contributed by atoms with Crippen molar-refractivity contribution in [1.29, 1.82) is 0 Å². The maximum absolute atomic E-state index is 13.4. The van der Waals surface area contributed by atoms with E-state index in [4.69, 9.17) is 15.0 Å². The second-order valence-corrected chi connectivity index (χ2v) is 12.3. The van der Waals surface area contributed by atoms with E-state index in [0.29, 0.717) is 11.6 Å². The van der Waals surface area contributed by atoms with Crippen LogP contribution in [0.15, 0.2) is 72.9 Å². The zero-order valence-corrected chi connectivity index (χ0v) is 24.8. The average Bonchev–Trinajstić information content (AvgIpc) is 3.46. The summed E-state index contributed by atoms with van der Waals surface area (Å²) in [5.74, 6) is -0.518. The van der Waals surface area contributed by atoms with Crippen molar-refractivity contribution < 1.29 is 14.7 Å². The highest BCUT2D eigenvalue weighted by Crippen LogP contribution is 2.37. The first-order chi connectivity index (χ1) is 21.5. The molecule has 3 aromatic carbocycles. The van der Waals surface area contributed by atoms with Crippen LogP contribution in [0, 0.1) is 5.92 Å². The summed E-state index contributed by atoms with van der Waals surface area (Å²) in [5.41, 5.74) is 6.57. The Balaban J connectivity index is 1.24. The van der Waals surface area contributed by atoms with Crippen molar-refractivity contribution >= 4 is 33.9 Å². The maximum atomic E-state index is 13.4. The lowest BCUT2D eigenvalue weighted by Gasteiger charge is -2.28. The van der Waals surface area contributed by atoms with Gasteiger partial charge in [-0.25, -0.2) is 14.8 Å². The Bertz CT molecular complexity index is 1820. The summed E-state index contributed by atoms with van der Waals surface area (Å²) < 4.78 is 2.34. The van der Waals surface area contributed by atoms with Crippen LogP contribution in [-0.4, -0.2) is 42.5 Å². The second kappa shape index (κ2) is 12.2. The third kappa shape index (κ3) is 5.56. The third-order valence-corrected chi connectivity index (χ3v) is 9.44. The summed E-state index contributed by atoms with van der Waals surface area (Å²) in [4.78, 5) is 40.2. The molecule has 2 fully saturated rings. The fourth-order valence-electron chi connectivity index (χ4n) is 7.12. The standard InChI is InChI=1S/C36H37N5O3/c42-35(40-33(36(43)44)24-12-6-2-7-13-24)26-17-19-32-30(21-26)39-34(41(32)27-14-8-3-9-15-27)25-16-18-28-29(20-25)37-22-31(38-28)23-10-4-1-5-11-23/h1,4-5,10-11,16-22,24,27,33H,2-3,6-9,12-15H2,(H,40,42)(H,43,44)/t33-/m0/s1. The highest BCUT2D eigenvalue weighted by molar-refractivity contribution is 5.99.